The van der Waals surface area contributed by atoms with Gasteiger partial charge in [0.2, 0.25) is 0 Å². The van der Waals surface area contributed by atoms with Gasteiger partial charge in [-0.25, -0.2) is 9.59 Å². The second kappa shape index (κ2) is 9.72. The molecule has 5 nitrogen and oxygen atoms in total. The summed E-state index contributed by atoms with van der Waals surface area (Å²) in [6, 6.07) is 9.63. The summed E-state index contributed by atoms with van der Waals surface area (Å²) in [5.41, 5.74) is 1.07. The van der Waals surface area contributed by atoms with Gasteiger partial charge in [0.25, 0.3) is 0 Å². The first-order chi connectivity index (χ1) is 10.1. The van der Waals surface area contributed by atoms with E-state index in [0.29, 0.717) is 12.8 Å². The third kappa shape index (κ3) is 7.89. The number of esters is 2. The van der Waals surface area contributed by atoms with Crippen molar-refractivity contribution in [2.75, 3.05) is 13.2 Å². The molecule has 21 heavy (non-hydrogen) atoms. The molecule has 1 atom stereocenters. The lowest BCUT2D eigenvalue weighted by Gasteiger charge is -2.06. The van der Waals surface area contributed by atoms with Crippen LogP contribution < -0.4 is 0 Å². The van der Waals surface area contributed by atoms with E-state index >= 15 is 0 Å². The Balaban J connectivity index is 2.20. The zero-order valence-electron chi connectivity index (χ0n) is 12.0. The summed E-state index contributed by atoms with van der Waals surface area (Å²) < 4.78 is 9.70. The van der Waals surface area contributed by atoms with Gasteiger partial charge in [-0.2, -0.15) is 0 Å². The number of ether oxygens (including phenoxy) is 2. The molecule has 0 aliphatic heterocycles. The molecule has 0 aromatic heterocycles. The molecule has 0 amide bonds. The molecule has 0 aliphatic carbocycles. The maximum atomic E-state index is 11.4. The second-order valence-corrected chi connectivity index (χ2v) is 4.43. The van der Waals surface area contributed by atoms with Crippen LogP contribution in [0.25, 0.3) is 0 Å². The predicted molar refractivity (Wildman–Crippen MR) is 77.5 cm³/mol. The normalized spacial score (nSPS) is 12.1. The molecule has 1 rings (SSSR count). The van der Waals surface area contributed by atoms with Gasteiger partial charge in [-0.05, 0) is 12.0 Å². The summed E-state index contributed by atoms with van der Waals surface area (Å²) in [4.78, 5) is 22.6. The van der Waals surface area contributed by atoms with Crippen LogP contribution in [-0.4, -0.2) is 36.4 Å². The summed E-state index contributed by atoms with van der Waals surface area (Å²) >= 11 is 0. The quantitative estimate of drug-likeness (QED) is 0.582. The molecule has 1 aromatic rings. The van der Waals surface area contributed by atoms with Crippen LogP contribution >= 0.6 is 0 Å². The molecule has 1 aromatic carbocycles. The van der Waals surface area contributed by atoms with E-state index in [0.717, 1.165) is 17.7 Å². The van der Waals surface area contributed by atoms with E-state index in [1.165, 1.54) is 0 Å². The van der Waals surface area contributed by atoms with Crippen molar-refractivity contribution < 1.29 is 24.2 Å². The van der Waals surface area contributed by atoms with E-state index in [1.54, 1.807) is 6.92 Å². The van der Waals surface area contributed by atoms with E-state index in [-0.39, 0.29) is 13.2 Å². The Kier molecular flexibility index (Phi) is 7.82. The smallest absolute Gasteiger partial charge is 0.331 e. The Morgan fingerprint density at radius 1 is 1.14 bits per heavy atom. The first kappa shape index (κ1) is 16.9. The van der Waals surface area contributed by atoms with Crippen molar-refractivity contribution in [3.8, 4) is 0 Å². The summed E-state index contributed by atoms with van der Waals surface area (Å²) in [5.74, 6) is -1.28. The maximum Gasteiger partial charge on any atom is 0.331 e. The molecule has 0 spiro atoms. The topological polar surface area (TPSA) is 72.8 Å². The maximum absolute atomic E-state index is 11.4. The monoisotopic (exact) mass is 292 g/mol. The van der Waals surface area contributed by atoms with Gasteiger partial charge in [0.05, 0.1) is 12.7 Å². The Morgan fingerprint density at radius 2 is 1.76 bits per heavy atom. The molecule has 0 saturated carbocycles. The molecule has 5 heteroatoms. The Bertz CT molecular complexity index is 467. The van der Waals surface area contributed by atoms with Crippen LogP contribution in [0.2, 0.25) is 0 Å². The largest absolute Gasteiger partial charge is 0.462 e. The molecule has 0 saturated heterocycles. The molecular weight excluding hydrogens is 272 g/mol. The first-order valence-electron chi connectivity index (χ1n) is 6.85. The minimum atomic E-state index is -0.680. The minimum absolute atomic E-state index is 0.0806. The lowest BCUT2D eigenvalue weighted by Crippen LogP contribution is -2.16. The van der Waals surface area contributed by atoms with Crippen molar-refractivity contribution in [3.63, 3.8) is 0 Å². The van der Waals surface area contributed by atoms with Gasteiger partial charge in [-0.15, -0.1) is 0 Å². The third-order valence-corrected chi connectivity index (χ3v) is 2.72. The standard InChI is InChI=1S/C16H20O5/c1-2-14(17)12-21-16(19)9-8-15(18)20-11-10-13-6-4-3-5-7-13/h3-9,14,17H,2,10-12H2,1H3/b9-8+. The molecular formula is C16H20O5. The first-order valence-corrected chi connectivity index (χ1v) is 6.85. The Hall–Kier alpha value is -2.14. The molecule has 114 valence electrons. The summed E-state index contributed by atoms with van der Waals surface area (Å²) in [5, 5.41) is 9.22. The lowest BCUT2D eigenvalue weighted by atomic mass is 10.2. The number of hydrogen-bond donors (Lipinski definition) is 1. The molecule has 0 fully saturated rings. The fourth-order valence-corrected chi connectivity index (χ4v) is 1.44. The number of rotatable bonds is 8. The molecule has 0 aliphatic rings. The lowest BCUT2D eigenvalue weighted by molar-refractivity contribution is -0.142. The molecule has 1 N–H and O–H groups in total. The van der Waals surface area contributed by atoms with Crippen molar-refractivity contribution in [1.82, 2.24) is 0 Å². The fourth-order valence-electron chi connectivity index (χ4n) is 1.44. The summed E-state index contributed by atoms with van der Waals surface area (Å²) in [6.07, 6.45) is 2.45. The van der Waals surface area contributed by atoms with Gasteiger partial charge in [-0.1, -0.05) is 37.3 Å². The van der Waals surface area contributed by atoms with E-state index in [9.17, 15) is 14.7 Å². The Morgan fingerprint density at radius 3 is 2.38 bits per heavy atom. The SMILES string of the molecule is CCC(O)COC(=O)/C=C/C(=O)OCCc1ccccc1. The highest BCUT2D eigenvalue weighted by molar-refractivity contribution is 5.91. The van der Waals surface area contributed by atoms with Crippen LogP contribution in [-0.2, 0) is 25.5 Å². The second-order valence-electron chi connectivity index (χ2n) is 4.43. The number of carbonyl (C=O) groups is 2. The van der Waals surface area contributed by atoms with Crippen molar-refractivity contribution in [1.29, 1.82) is 0 Å². The highest BCUT2D eigenvalue weighted by Gasteiger charge is 2.05. The van der Waals surface area contributed by atoms with Crippen LogP contribution in [0.15, 0.2) is 42.5 Å². The predicted octanol–water partition coefficient (Wildman–Crippen LogP) is 1.64. The number of carbonyl (C=O) groups excluding carboxylic acids is 2. The summed E-state index contributed by atoms with van der Waals surface area (Å²) in [7, 11) is 0. The van der Waals surface area contributed by atoms with E-state index < -0.39 is 18.0 Å². The molecule has 0 heterocycles. The highest BCUT2D eigenvalue weighted by Crippen LogP contribution is 2.00. The number of hydrogen-bond acceptors (Lipinski definition) is 5. The molecule has 0 bridgehead atoms. The molecule has 0 radical (unpaired) electrons. The third-order valence-electron chi connectivity index (χ3n) is 2.72. The van der Waals surface area contributed by atoms with Crippen molar-refractivity contribution in [2.24, 2.45) is 0 Å². The Labute approximate surface area is 124 Å². The van der Waals surface area contributed by atoms with E-state index in [2.05, 4.69) is 0 Å². The van der Waals surface area contributed by atoms with Crippen LogP contribution in [0.3, 0.4) is 0 Å². The number of aliphatic hydroxyl groups excluding tert-OH is 1. The highest BCUT2D eigenvalue weighted by atomic mass is 16.5. The number of aliphatic hydroxyl groups is 1. The van der Waals surface area contributed by atoms with E-state index in [4.69, 9.17) is 9.47 Å². The number of benzene rings is 1. The minimum Gasteiger partial charge on any atom is -0.462 e. The van der Waals surface area contributed by atoms with Crippen LogP contribution in [0, 0.1) is 0 Å². The van der Waals surface area contributed by atoms with Crippen molar-refractivity contribution in [3.05, 3.63) is 48.0 Å². The van der Waals surface area contributed by atoms with Gasteiger partial charge < -0.3 is 14.6 Å². The van der Waals surface area contributed by atoms with Gasteiger partial charge in [-0.3, -0.25) is 0 Å². The van der Waals surface area contributed by atoms with Crippen molar-refractivity contribution in [2.45, 2.75) is 25.9 Å². The van der Waals surface area contributed by atoms with Gasteiger partial charge in [0.1, 0.15) is 6.61 Å². The zero-order chi connectivity index (χ0) is 15.5. The van der Waals surface area contributed by atoms with Gasteiger partial charge >= 0.3 is 11.9 Å². The summed E-state index contributed by atoms with van der Waals surface area (Å²) in [6.45, 7) is 1.94. The van der Waals surface area contributed by atoms with Crippen LogP contribution in [0.4, 0.5) is 0 Å². The van der Waals surface area contributed by atoms with E-state index in [1.807, 2.05) is 30.3 Å². The fraction of sp³-hybridized carbons (Fsp3) is 0.375. The van der Waals surface area contributed by atoms with Gasteiger partial charge in [0.15, 0.2) is 0 Å². The van der Waals surface area contributed by atoms with Crippen LogP contribution in [0.5, 0.6) is 0 Å². The van der Waals surface area contributed by atoms with Crippen molar-refractivity contribution >= 4 is 11.9 Å². The zero-order valence-corrected chi connectivity index (χ0v) is 12.0. The average molecular weight is 292 g/mol. The molecule has 1 unspecified atom stereocenters. The average Bonchev–Trinajstić information content (AvgIpc) is 2.51. The van der Waals surface area contributed by atoms with Gasteiger partial charge in [0, 0.05) is 18.6 Å². The van der Waals surface area contributed by atoms with Crippen LogP contribution in [0.1, 0.15) is 18.9 Å².